The summed E-state index contributed by atoms with van der Waals surface area (Å²) in [6.45, 7) is 17.3. The topological polar surface area (TPSA) is 245 Å². The molecule has 8 atom stereocenters. The van der Waals surface area contributed by atoms with Gasteiger partial charge in [-0.25, -0.2) is 5.10 Å². The Morgan fingerprint density at radius 2 is 0.788 bits per heavy atom. The molecule has 8 unspecified atom stereocenters. The van der Waals surface area contributed by atoms with E-state index in [1.165, 1.54) is 57.5 Å². The molecule has 10 heterocycles. The fraction of sp³-hybridized carbons (Fsp3) is 0.259. The van der Waals surface area contributed by atoms with Crippen LogP contribution in [0, 0.1) is 11.8 Å². The van der Waals surface area contributed by atoms with Gasteiger partial charge in [0.25, 0.3) is 11.5 Å². The van der Waals surface area contributed by atoms with Crippen LogP contribution in [0.25, 0.3) is 16.5 Å². The Balaban J connectivity index is 0.000000110. The lowest BCUT2D eigenvalue weighted by atomic mass is 9.75. The molecule has 2 saturated heterocycles. The molecule has 12 aromatic carbocycles. The number of H-pyrrole nitrogens is 1. The van der Waals surface area contributed by atoms with Crippen LogP contribution in [0.2, 0.25) is 0 Å². The number of benzene rings is 12. The minimum absolute atomic E-state index is 0.00529. The summed E-state index contributed by atoms with van der Waals surface area (Å²) in [7, 11) is 6.12. The summed E-state index contributed by atoms with van der Waals surface area (Å²) in [6, 6.07) is 99.3. The predicted octanol–water partition coefficient (Wildman–Crippen LogP) is 19.1. The van der Waals surface area contributed by atoms with E-state index in [9.17, 15) is 28.8 Å². The van der Waals surface area contributed by atoms with E-state index < -0.39 is 0 Å². The molecule has 21 heteroatoms. The second-order valence-corrected chi connectivity index (χ2v) is 37.8. The van der Waals surface area contributed by atoms with Crippen molar-refractivity contribution in [2.45, 2.75) is 86.6 Å². The Morgan fingerprint density at radius 3 is 1.29 bits per heavy atom. The largest absolute Gasteiger partial charge is 0.377 e. The summed E-state index contributed by atoms with van der Waals surface area (Å²) in [5.74, 6) is 1.41. The first-order valence-electron chi connectivity index (χ1n) is 48.1. The molecule has 137 heavy (non-hydrogen) atoms. The predicted molar refractivity (Wildman–Crippen MR) is 545 cm³/mol. The second-order valence-electron chi connectivity index (χ2n) is 37.8. The molecule has 2 amide bonds. The van der Waals surface area contributed by atoms with Crippen LogP contribution in [0.3, 0.4) is 0 Å². The molecular formula is C116H111N15O6. The number of piperazine rings is 2. The Hall–Kier alpha value is -15.1. The molecule has 0 bridgehead atoms. The van der Waals surface area contributed by atoms with Crippen molar-refractivity contribution in [2.75, 3.05) is 114 Å². The molecule has 6 N–H and O–H groups in total. The van der Waals surface area contributed by atoms with Gasteiger partial charge in [-0.15, -0.1) is 0 Å². The molecule has 1 aromatic heterocycles. The van der Waals surface area contributed by atoms with E-state index in [1.807, 2.05) is 144 Å². The number of hydrogen-bond acceptors (Lipinski definition) is 18. The third-order valence-corrected chi connectivity index (χ3v) is 28.8. The van der Waals surface area contributed by atoms with Gasteiger partial charge in [-0.1, -0.05) is 256 Å². The standard InChI is InChI=1S/2C33H32N4O2.C26H25N3O.C24H22N4O/c1-21(36-15-17-37(18-16-36)33(39)23-13-14-23)24-9-5-10-25(19-24)29-31(22-7-3-2-4-8-22)35-27-12-6-11-26-28(38)20-34-32(29)30(26)27;1-21(22-10-11-22)36-16-18-37(19-17-36)33(39)25-14-12-23(13-15-25)29-31(24-6-3-2-4-7-24)35-27-9-5-8-26-28(38)20-34-32(29)30(26)27;1-29(2)16-17-8-6-11-19(14-17)23-25(18-9-4-3-5-10-18)28-21-13-7-12-20-22(30)15-27-26(23)24(20)21;1-25-14-15-7-5-10-17(13-15)22-20(16-8-3-2-4-9-16)23-21-18(24(29)28-27-23)11-6-12-19(21)26-22/h2-12,19,23,29,31,35H,1,13-18,20H2;2-9,12-15,22,29,31,35H,1,10-11,16-20H2;3-14,23,25,28H,15-16H2,1-2H3;2-13,20,22,25-26H,14H2,1H3,(H,28,29). The van der Waals surface area contributed by atoms with E-state index in [-0.39, 0.29) is 102 Å². The van der Waals surface area contributed by atoms with Gasteiger partial charge in [0.1, 0.15) is 19.6 Å². The summed E-state index contributed by atoms with van der Waals surface area (Å²) >= 11 is 0. The summed E-state index contributed by atoms with van der Waals surface area (Å²) < 4.78 is 0. The third-order valence-electron chi connectivity index (χ3n) is 28.8. The maximum absolute atomic E-state index is 13.4. The monoisotopic (exact) mass is 1810 g/mol. The molecule has 2 aliphatic carbocycles. The smallest absolute Gasteiger partial charge is 0.272 e. The number of aliphatic imine (C=N–C) groups is 3. The number of carbonyl (C=O) groups is 5. The maximum atomic E-state index is 13.4. The summed E-state index contributed by atoms with van der Waals surface area (Å²) in [5, 5.41) is 27.0. The van der Waals surface area contributed by atoms with E-state index in [4.69, 9.17) is 15.0 Å². The maximum Gasteiger partial charge on any atom is 0.272 e. The molecule has 2 saturated carbocycles. The quantitative estimate of drug-likeness (QED) is 0.0468. The highest BCUT2D eigenvalue weighted by molar-refractivity contribution is 6.24. The number of anilines is 4. The fourth-order valence-electron chi connectivity index (χ4n) is 21.8. The molecular weight excluding hydrogens is 1700 g/mol. The Kier molecular flexibility index (Phi) is 24.8. The molecule has 13 aromatic rings. The normalized spacial score (nSPS) is 20.7. The molecule has 0 spiro atoms. The van der Waals surface area contributed by atoms with Gasteiger partial charge in [0.05, 0.1) is 76.1 Å². The number of allylic oxidation sites excluding steroid dienone is 1. The van der Waals surface area contributed by atoms with E-state index in [0.29, 0.717) is 22.8 Å². The van der Waals surface area contributed by atoms with Crippen LogP contribution in [0.4, 0.5) is 22.7 Å². The first-order chi connectivity index (χ1) is 67.0. The van der Waals surface area contributed by atoms with E-state index in [2.05, 4.69) is 243 Å². The van der Waals surface area contributed by atoms with Crippen molar-refractivity contribution in [1.82, 2.24) is 40.0 Å². The average molecular weight is 1810 g/mol. The number of amides is 2. The van der Waals surface area contributed by atoms with Crippen LogP contribution in [0.5, 0.6) is 0 Å². The summed E-state index contributed by atoms with van der Waals surface area (Å²) in [6.07, 6.45) is 4.59. The molecule has 21 nitrogen and oxygen atoms in total. The molecule has 9 aliphatic heterocycles. The highest BCUT2D eigenvalue weighted by atomic mass is 16.2. The van der Waals surface area contributed by atoms with Gasteiger partial charge in [0.2, 0.25) is 5.91 Å². The third kappa shape index (κ3) is 17.8. The van der Waals surface area contributed by atoms with Gasteiger partial charge in [-0.2, -0.15) is 5.10 Å². The Bertz CT molecular complexity index is 7010. The van der Waals surface area contributed by atoms with E-state index in [0.717, 1.165) is 191 Å². The summed E-state index contributed by atoms with van der Waals surface area (Å²) in [4.78, 5) is 102. The zero-order chi connectivity index (χ0) is 93.5. The highest BCUT2D eigenvalue weighted by Gasteiger charge is 2.45. The average Bonchev–Trinajstić information content (AvgIpc) is 1.70. The molecule has 24 rings (SSSR count). The zero-order valence-corrected chi connectivity index (χ0v) is 77.4. The number of ketones is 3. The molecule has 11 aliphatic rings. The number of Topliss-reactive ketones (excluding diaryl/α,β-unsaturated/α-hetero) is 3. The minimum atomic E-state index is -0.159. The van der Waals surface area contributed by atoms with Crippen LogP contribution in [0.15, 0.2) is 330 Å². The van der Waals surface area contributed by atoms with E-state index >= 15 is 0 Å². The van der Waals surface area contributed by atoms with Gasteiger partial charge in [0, 0.05) is 150 Å². The molecule has 686 valence electrons. The van der Waals surface area contributed by atoms with Gasteiger partial charge >= 0.3 is 0 Å². The number of nitrogens with one attached hydrogen (secondary N) is 6. The number of aromatic nitrogens is 2. The Labute approximate surface area is 798 Å². The van der Waals surface area contributed by atoms with Crippen LogP contribution < -0.4 is 32.1 Å². The van der Waals surface area contributed by atoms with Crippen LogP contribution >= 0.6 is 0 Å². The van der Waals surface area contributed by atoms with Gasteiger partial charge < -0.3 is 51.1 Å². The van der Waals surface area contributed by atoms with Gasteiger partial charge in [0.15, 0.2) is 17.3 Å². The molecule has 0 radical (unpaired) electrons. The number of aromatic amines is 1. The summed E-state index contributed by atoms with van der Waals surface area (Å²) in [5.41, 5.74) is 28.5. The van der Waals surface area contributed by atoms with Crippen LogP contribution in [-0.4, -0.2) is 174 Å². The second kappa shape index (κ2) is 38.4. The van der Waals surface area contributed by atoms with Crippen molar-refractivity contribution in [1.29, 1.82) is 0 Å². The van der Waals surface area contributed by atoms with Crippen molar-refractivity contribution in [3.05, 3.63) is 426 Å². The lowest BCUT2D eigenvalue weighted by Gasteiger charge is -2.39. The van der Waals surface area contributed by atoms with Crippen LogP contribution in [0.1, 0.15) is 199 Å². The highest BCUT2D eigenvalue weighted by Crippen LogP contribution is 2.52. The van der Waals surface area contributed by atoms with Crippen molar-refractivity contribution in [3.63, 3.8) is 0 Å². The van der Waals surface area contributed by atoms with Crippen molar-refractivity contribution in [2.24, 2.45) is 26.8 Å². The lowest BCUT2D eigenvalue weighted by Crippen LogP contribution is -2.48. The SMILES string of the molecule is C=C(C1CC1)N1CCN(C(=O)c2ccc(C3C4=NCC(=O)c5cccc(c54)NC3c3ccccc3)cc2)CC1.C=C(c1cccc(C2C3=NCC(=O)c4cccc(c43)NC2c2ccccc2)c1)N1CCN(C(=O)C2CC2)CC1.CN(C)Cc1cccc(C2C3=NCC(=O)c4cccc(c43)NC2c2ccccc2)c1.CNCc1cccc(C2Nc3cccc4c(=O)[nH]nc(c34)C2c2ccccc2)c1. The number of nitrogens with zero attached hydrogens (tertiary/aromatic N) is 9. The fourth-order valence-corrected chi connectivity index (χ4v) is 21.8. The number of hydrogen-bond donors (Lipinski definition) is 6. The number of carbonyl (C=O) groups excluding carboxylic acids is 5. The molecule has 4 fully saturated rings. The number of rotatable bonds is 18. The Morgan fingerprint density at radius 1 is 0.387 bits per heavy atom. The first-order valence-corrected chi connectivity index (χ1v) is 48.1. The van der Waals surface area contributed by atoms with Crippen LogP contribution in [-0.2, 0) is 17.9 Å². The van der Waals surface area contributed by atoms with Gasteiger partial charge in [-0.05, 0) is 162 Å². The zero-order valence-electron chi connectivity index (χ0n) is 77.4. The first kappa shape index (κ1) is 88.5. The van der Waals surface area contributed by atoms with E-state index in [1.54, 1.807) is 0 Å². The van der Waals surface area contributed by atoms with Gasteiger partial charge in [-0.3, -0.25) is 43.7 Å². The van der Waals surface area contributed by atoms with Crippen molar-refractivity contribution < 1.29 is 24.0 Å². The minimum Gasteiger partial charge on any atom is -0.377 e. The lowest BCUT2D eigenvalue weighted by molar-refractivity contribution is -0.133. The van der Waals surface area contributed by atoms with Crippen molar-refractivity contribution in [3.8, 4) is 0 Å². The van der Waals surface area contributed by atoms with Crippen molar-refractivity contribution >= 4 is 85.5 Å².